The average molecular weight is 804 g/mol. The fourth-order valence-electron chi connectivity index (χ4n) is 8.44. The van der Waals surface area contributed by atoms with Gasteiger partial charge in [-0.15, -0.1) is 0 Å². The first-order valence-corrected chi connectivity index (χ1v) is 21.4. The number of fused-ring (bicyclic) bond motifs is 4. The highest BCUT2D eigenvalue weighted by molar-refractivity contribution is 6.07. The highest BCUT2D eigenvalue weighted by Gasteiger charge is 2.41. The van der Waals surface area contributed by atoms with Crippen LogP contribution in [0.2, 0.25) is 0 Å². The molecule has 2 aliphatic rings. The van der Waals surface area contributed by atoms with E-state index in [-0.39, 0.29) is 5.41 Å². The van der Waals surface area contributed by atoms with Crippen LogP contribution in [0.5, 0.6) is 0 Å². The van der Waals surface area contributed by atoms with Gasteiger partial charge in [0.2, 0.25) is 0 Å². The lowest BCUT2D eigenvalue weighted by molar-refractivity contribution is 0.610. The van der Waals surface area contributed by atoms with Gasteiger partial charge in [-0.3, -0.25) is 0 Å². The molecular formula is C59H53N3. The molecule has 0 saturated carbocycles. The molecule has 4 N–H and O–H groups in total. The molecule has 3 nitrogen and oxygen atoms in total. The molecule has 304 valence electrons. The third-order valence-electron chi connectivity index (χ3n) is 11.9. The summed E-state index contributed by atoms with van der Waals surface area (Å²) >= 11 is 0. The summed E-state index contributed by atoms with van der Waals surface area (Å²) in [7, 11) is 0. The smallest absolute Gasteiger partial charge is 0.0632 e. The zero-order valence-corrected chi connectivity index (χ0v) is 35.7. The van der Waals surface area contributed by atoms with E-state index in [1.807, 2.05) is 36.4 Å². The Morgan fingerprint density at radius 3 is 1.56 bits per heavy atom. The molecule has 8 aromatic carbocycles. The summed E-state index contributed by atoms with van der Waals surface area (Å²) in [4.78, 5) is 0. The van der Waals surface area contributed by atoms with Gasteiger partial charge in [0, 0.05) is 28.4 Å². The van der Waals surface area contributed by atoms with Crippen molar-refractivity contribution in [3.8, 4) is 22.3 Å². The number of benzene rings is 8. The van der Waals surface area contributed by atoms with Crippen LogP contribution in [0.15, 0.2) is 241 Å². The van der Waals surface area contributed by atoms with Crippen LogP contribution in [0.4, 0.5) is 11.4 Å². The number of allylic oxidation sites excluding steroid dienone is 4. The van der Waals surface area contributed by atoms with E-state index in [4.69, 9.17) is 11.1 Å². The number of nitrogens with one attached hydrogen (secondary N) is 2. The van der Waals surface area contributed by atoms with Crippen LogP contribution in [0.25, 0.3) is 33.0 Å². The Labute approximate surface area is 367 Å². The molecular weight excluding hydrogens is 751 g/mol. The largest absolute Gasteiger partial charge is 0.398 e. The topological polar surface area (TPSA) is 61.9 Å². The first-order chi connectivity index (χ1) is 30.2. The second kappa shape index (κ2) is 18.8. The summed E-state index contributed by atoms with van der Waals surface area (Å²) in [6.45, 7) is 6.71. The Kier molecular flexibility index (Phi) is 12.5. The van der Waals surface area contributed by atoms with E-state index in [2.05, 4.69) is 208 Å². The number of aryl methyl sites for hydroxylation is 1. The molecule has 0 heterocycles. The molecule has 8 aromatic rings. The van der Waals surface area contributed by atoms with E-state index in [0.29, 0.717) is 17.3 Å². The van der Waals surface area contributed by atoms with Crippen molar-refractivity contribution in [3.05, 3.63) is 264 Å². The van der Waals surface area contributed by atoms with E-state index < -0.39 is 0 Å². The Morgan fingerprint density at radius 2 is 1.02 bits per heavy atom. The third kappa shape index (κ3) is 9.59. The van der Waals surface area contributed by atoms with Crippen LogP contribution < -0.4 is 11.1 Å². The van der Waals surface area contributed by atoms with E-state index in [1.165, 1.54) is 55.3 Å². The molecule has 0 fully saturated rings. The maximum absolute atomic E-state index is 8.31. The molecule has 10 rings (SSSR count). The predicted molar refractivity (Wildman–Crippen MR) is 264 cm³/mol. The fourth-order valence-corrected chi connectivity index (χ4v) is 8.44. The van der Waals surface area contributed by atoms with Crippen LogP contribution in [0, 0.1) is 12.3 Å². The number of hydrogen-bond acceptors (Lipinski definition) is 3. The van der Waals surface area contributed by atoms with Gasteiger partial charge in [-0.2, -0.15) is 0 Å². The van der Waals surface area contributed by atoms with E-state index in [9.17, 15) is 0 Å². The summed E-state index contributed by atoms with van der Waals surface area (Å²) in [6, 6.07) is 71.4. The quantitative estimate of drug-likeness (QED) is 0.141. The third-order valence-corrected chi connectivity index (χ3v) is 11.9. The van der Waals surface area contributed by atoms with Crippen molar-refractivity contribution in [1.82, 2.24) is 0 Å². The van der Waals surface area contributed by atoms with E-state index in [1.54, 1.807) is 6.08 Å². The van der Waals surface area contributed by atoms with Crippen LogP contribution >= 0.6 is 0 Å². The number of nitrogens with two attached hydrogens (primary N) is 1. The molecule has 0 radical (unpaired) electrons. The lowest BCUT2D eigenvalue weighted by Crippen LogP contribution is -2.19. The van der Waals surface area contributed by atoms with Gasteiger partial charge >= 0.3 is 0 Å². The van der Waals surface area contributed by atoms with Crippen molar-refractivity contribution in [2.75, 3.05) is 5.32 Å². The van der Waals surface area contributed by atoms with Gasteiger partial charge in [0.05, 0.1) is 5.71 Å². The van der Waals surface area contributed by atoms with E-state index >= 15 is 0 Å². The molecule has 0 aromatic heterocycles. The van der Waals surface area contributed by atoms with Crippen LogP contribution in [-0.2, 0) is 5.41 Å². The summed E-state index contributed by atoms with van der Waals surface area (Å²) in [6.07, 6.45) is 7.21. The maximum atomic E-state index is 8.31. The summed E-state index contributed by atoms with van der Waals surface area (Å²) in [5, 5.41) is 14.4. The Balaban J connectivity index is 0.000000140. The van der Waals surface area contributed by atoms with Crippen molar-refractivity contribution in [3.63, 3.8) is 0 Å². The predicted octanol–water partition coefficient (Wildman–Crippen LogP) is 15.1. The van der Waals surface area contributed by atoms with Gasteiger partial charge in [0.25, 0.3) is 0 Å². The normalized spacial score (nSPS) is 14.7. The SMILES string of the molecule is CC1(C)C2=CC(/C(N)=C/C(=N)c3ccccc3)=CCC2c2ccccc21.Cc1ccc(-c2ccc(Nc3ccc(-c4ccccc4)cc3)cc2)cc1.c1ccc2ccccc2c1. The van der Waals surface area contributed by atoms with Gasteiger partial charge in [0.1, 0.15) is 0 Å². The van der Waals surface area contributed by atoms with Crippen molar-refractivity contribution in [2.24, 2.45) is 5.73 Å². The van der Waals surface area contributed by atoms with Crippen molar-refractivity contribution in [2.45, 2.75) is 38.5 Å². The molecule has 0 spiro atoms. The zero-order chi connectivity index (χ0) is 42.9. The molecule has 3 heteroatoms. The molecule has 1 atom stereocenters. The zero-order valence-electron chi connectivity index (χ0n) is 35.7. The highest BCUT2D eigenvalue weighted by Crippen LogP contribution is 2.53. The number of hydrogen-bond donors (Lipinski definition) is 3. The van der Waals surface area contributed by atoms with Gasteiger partial charge in [-0.05, 0) is 99.0 Å². The maximum Gasteiger partial charge on any atom is 0.0632 e. The van der Waals surface area contributed by atoms with Gasteiger partial charge in [-0.1, -0.05) is 219 Å². The number of anilines is 2. The van der Waals surface area contributed by atoms with Crippen LogP contribution in [-0.4, -0.2) is 5.71 Å². The lowest BCUT2D eigenvalue weighted by Gasteiger charge is -2.27. The summed E-state index contributed by atoms with van der Waals surface area (Å²) in [5.41, 5.74) is 22.1. The molecule has 0 amide bonds. The highest BCUT2D eigenvalue weighted by atomic mass is 14.9. The second-order valence-electron chi connectivity index (χ2n) is 16.5. The van der Waals surface area contributed by atoms with Crippen molar-refractivity contribution in [1.29, 1.82) is 5.41 Å². The second-order valence-corrected chi connectivity index (χ2v) is 16.5. The van der Waals surface area contributed by atoms with Crippen molar-refractivity contribution >= 4 is 27.9 Å². The molecule has 0 bridgehead atoms. The Bertz CT molecular complexity index is 2800. The Morgan fingerprint density at radius 1 is 0.565 bits per heavy atom. The minimum atomic E-state index is 0.0218. The first-order valence-electron chi connectivity index (χ1n) is 21.4. The summed E-state index contributed by atoms with van der Waals surface area (Å²) in [5.74, 6) is 0.450. The summed E-state index contributed by atoms with van der Waals surface area (Å²) < 4.78 is 0. The number of rotatable bonds is 7. The van der Waals surface area contributed by atoms with Gasteiger partial charge in [0.15, 0.2) is 0 Å². The first kappa shape index (κ1) is 41.3. The average Bonchev–Trinajstić information content (AvgIpc) is 3.56. The van der Waals surface area contributed by atoms with Crippen LogP contribution in [0.1, 0.15) is 48.4 Å². The van der Waals surface area contributed by atoms with Crippen LogP contribution in [0.3, 0.4) is 0 Å². The lowest BCUT2D eigenvalue weighted by atomic mass is 9.77. The molecule has 0 aliphatic heterocycles. The molecule has 1 unspecified atom stereocenters. The Hall–Kier alpha value is -7.49. The van der Waals surface area contributed by atoms with E-state index in [0.717, 1.165) is 28.9 Å². The minimum absolute atomic E-state index is 0.0218. The minimum Gasteiger partial charge on any atom is -0.398 e. The van der Waals surface area contributed by atoms with Gasteiger partial charge < -0.3 is 16.5 Å². The molecule has 2 aliphatic carbocycles. The fraction of sp³-hybridized carbons (Fsp3) is 0.102. The van der Waals surface area contributed by atoms with Gasteiger partial charge in [-0.25, -0.2) is 0 Å². The molecule has 0 saturated heterocycles. The molecule has 62 heavy (non-hydrogen) atoms. The van der Waals surface area contributed by atoms with Crippen molar-refractivity contribution < 1.29 is 0 Å². The standard InChI is InChI=1S/C25H21N.C24H24N2.C10H8/c1-19-7-9-21(10-8-19)23-13-17-25(18-14-23)26-24-15-11-22(12-16-24)20-5-3-2-4-6-20;1-24(2)20-11-7-6-10-18(20)19-13-12-17(14-21(19)24)23(26)15-22(25)16-8-4-3-5-9-16;1-2-6-10-8-4-3-7-9(10)5-1/h2-18,26H,1H3;3-12,14-15,19,25H,13,26H2,1-2H3;1-8H/b;23-15-,25-22?;. The monoisotopic (exact) mass is 803 g/mol.